The summed E-state index contributed by atoms with van der Waals surface area (Å²) < 4.78 is 0. The van der Waals surface area contributed by atoms with E-state index in [1.807, 2.05) is 17.9 Å². The summed E-state index contributed by atoms with van der Waals surface area (Å²) in [5, 5.41) is 16.5. The van der Waals surface area contributed by atoms with Gasteiger partial charge in [-0.3, -0.25) is 19.8 Å². The van der Waals surface area contributed by atoms with Gasteiger partial charge in [-0.05, 0) is 19.5 Å². The van der Waals surface area contributed by atoms with Crippen molar-refractivity contribution in [3.63, 3.8) is 0 Å². The highest BCUT2D eigenvalue weighted by molar-refractivity contribution is 5.78. The van der Waals surface area contributed by atoms with Gasteiger partial charge in [-0.15, -0.1) is 0 Å². The second kappa shape index (κ2) is 7.44. The Hall–Kier alpha value is -2.15. The van der Waals surface area contributed by atoms with Crippen molar-refractivity contribution in [1.82, 2.24) is 10.2 Å². The van der Waals surface area contributed by atoms with Gasteiger partial charge in [-0.2, -0.15) is 0 Å². The van der Waals surface area contributed by atoms with Crippen LogP contribution in [-0.2, 0) is 11.3 Å². The lowest BCUT2D eigenvalue weighted by molar-refractivity contribution is -0.384. The van der Waals surface area contributed by atoms with Crippen LogP contribution in [0.3, 0.4) is 0 Å². The van der Waals surface area contributed by atoms with E-state index in [-0.39, 0.29) is 18.1 Å². The number of carbonyl (C=O) groups is 1. The first kappa shape index (κ1) is 15.9. The molecule has 7 heteroatoms. The number of likely N-dealkylation sites (N-methyl/N-ethyl adjacent to an activating group) is 2. The number of hydrogen-bond acceptors (Lipinski definition) is 5. The molecule has 0 bridgehead atoms. The molecule has 1 aromatic carbocycles. The van der Waals surface area contributed by atoms with Crippen molar-refractivity contribution in [1.29, 1.82) is 0 Å². The Morgan fingerprint density at radius 2 is 2.15 bits per heavy atom. The maximum atomic E-state index is 11.5. The van der Waals surface area contributed by atoms with Gasteiger partial charge in [-0.25, -0.2) is 0 Å². The Morgan fingerprint density at radius 3 is 2.70 bits per heavy atom. The first-order valence-corrected chi connectivity index (χ1v) is 6.38. The second-order valence-electron chi connectivity index (χ2n) is 4.44. The Kier molecular flexibility index (Phi) is 5.92. The molecule has 1 rings (SSSR count). The summed E-state index contributed by atoms with van der Waals surface area (Å²) >= 11 is 0. The highest BCUT2D eigenvalue weighted by atomic mass is 16.6. The van der Waals surface area contributed by atoms with Crippen LogP contribution in [0.15, 0.2) is 18.2 Å². The molecule has 0 aliphatic carbocycles. The van der Waals surface area contributed by atoms with E-state index in [1.165, 1.54) is 6.07 Å². The number of nitrogens with one attached hydrogen (secondary N) is 2. The number of hydrogen-bond donors (Lipinski definition) is 2. The van der Waals surface area contributed by atoms with E-state index in [0.29, 0.717) is 18.8 Å². The van der Waals surface area contributed by atoms with Crippen LogP contribution in [0.4, 0.5) is 11.4 Å². The average molecular weight is 280 g/mol. The first-order valence-electron chi connectivity index (χ1n) is 6.38. The lowest BCUT2D eigenvalue weighted by Crippen LogP contribution is -2.34. The van der Waals surface area contributed by atoms with Crippen molar-refractivity contribution < 1.29 is 9.72 Å². The summed E-state index contributed by atoms with van der Waals surface area (Å²) in [4.78, 5) is 23.9. The van der Waals surface area contributed by atoms with Gasteiger partial charge in [0.15, 0.2) is 0 Å². The predicted molar refractivity (Wildman–Crippen MR) is 77.7 cm³/mol. The molecule has 0 aromatic heterocycles. The number of rotatable bonds is 7. The molecular weight excluding hydrogens is 260 g/mol. The van der Waals surface area contributed by atoms with Crippen LogP contribution in [0, 0.1) is 10.1 Å². The zero-order valence-electron chi connectivity index (χ0n) is 12.0. The van der Waals surface area contributed by atoms with Gasteiger partial charge in [0.1, 0.15) is 5.69 Å². The van der Waals surface area contributed by atoms with E-state index in [4.69, 9.17) is 0 Å². The van der Waals surface area contributed by atoms with Crippen molar-refractivity contribution in [3.8, 4) is 0 Å². The molecule has 0 saturated carbocycles. The zero-order chi connectivity index (χ0) is 15.1. The van der Waals surface area contributed by atoms with Gasteiger partial charge in [0.25, 0.3) is 5.69 Å². The summed E-state index contributed by atoms with van der Waals surface area (Å²) in [6, 6.07) is 4.92. The minimum absolute atomic E-state index is 0.0383. The van der Waals surface area contributed by atoms with E-state index >= 15 is 0 Å². The van der Waals surface area contributed by atoms with Crippen molar-refractivity contribution in [2.45, 2.75) is 13.5 Å². The molecule has 0 unspecified atom stereocenters. The van der Waals surface area contributed by atoms with E-state index in [9.17, 15) is 14.9 Å². The third-order valence-electron chi connectivity index (χ3n) is 2.80. The van der Waals surface area contributed by atoms with Gasteiger partial charge in [0.2, 0.25) is 5.91 Å². The van der Waals surface area contributed by atoms with Crippen molar-refractivity contribution >= 4 is 17.3 Å². The molecule has 20 heavy (non-hydrogen) atoms. The topological polar surface area (TPSA) is 87.5 Å². The molecule has 110 valence electrons. The van der Waals surface area contributed by atoms with Crippen LogP contribution in [0.2, 0.25) is 0 Å². The number of para-hydroxylation sites is 1. The van der Waals surface area contributed by atoms with Gasteiger partial charge < -0.3 is 10.6 Å². The highest BCUT2D eigenvalue weighted by Crippen LogP contribution is 2.28. The Labute approximate surface area is 118 Å². The largest absolute Gasteiger partial charge is 0.382 e. The number of anilines is 1. The van der Waals surface area contributed by atoms with Crippen LogP contribution in [0.5, 0.6) is 0 Å². The minimum atomic E-state index is -0.418. The number of nitro benzene ring substituents is 1. The van der Waals surface area contributed by atoms with Gasteiger partial charge in [0, 0.05) is 26.2 Å². The fraction of sp³-hybridized carbons (Fsp3) is 0.462. The van der Waals surface area contributed by atoms with Crippen LogP contribution in [0.25, 0.3) is 0 Å². The number of carbonyl (C=O) groups excluding carboxylic acids is 1. The van der Waals surface area contributed by atoms with E-state index in [1.54, 1.807) is 20.2 Å². The summed E-state index contributed by atoms with van der Waals surface area (Å²) in [6.07, 6.45) is 0. The SMILES string of the molecule is CCNC(=O)CN(C)Cc1cccc([N+](=O)[O-])c1NC. The standard InChI is InChI=1S/C13H20N4O3/c1-4-15-12(18)9-16(3)8-10-6-5-7-11(17(19)20)13(10)14-2/h5-7,14H,4,8-9H2,1-3H3,(H,15,18). The Bertz CT molecular complexity index is 491. The zero-order valence-corrected chi connectivity index (χ0v) is 12.0. The Balaban J connectivity index is 2.84. The normalized spacial score (nSPS) is 10.4. The number of benzene rings is 1. The molecule has 0 heterocycles. The van der Waals surface area contributed by atoms with Crippen molar-refractivity contribution in [2.75, 3.05) is 32.5 Å². The summed E-state index contributed by atoms with van der Waals surface area (Å²) in [5.41, 5.74) is 1.31. The molecule has 0 spiro atoms. The van der Waals surface area contributed by atoms with Gasteiger partial charge in [-0.1, -0.05) is 12.1 Å². The van der Waals surface area contributed by atoms with Crippen molar-refractivity contribution in [2.24, 2.45) is 0 Å². The summed E-state index contributed by atoms with van der Waals surface area (Å²) in [7, 11) is 3.45. The molecule has 0 radical (unpaired) electrons. The molecule has 1 amide bonds. The fourth-order valence-electron chi connectivity index (χ4n) is 2.00. The molecule has 0 atom stereocenters. The van der Waals surface area contributed by atoms with Crippen LogP contribution >= 0.6 is 0 Å². The maximum Gasteiger partial charge on any atom is 0.292 e. The van der Waals surface area contributed by atoms with E-state index < -0.39 is 4.92 Å². The molecule has 0 fully saturated rings. The second-order valence-corrected chi connectivity index (χ2v) is 4.44. The van der Waals surface area contributed by atoms with Crippen LogP contribution < -0.4 is 10.6 Å². The lowest BCUT2D eigenvalue weighted by atomic mass is 10.1. The Morgan fingerprint density at radius 1 is 1.45 bits per heavy atom. The average Bonchev–Trinajstić information content (AvgIpc) is 2.38. The predicted octanol–water partition coefficient (Wildman–Crippen LogP) is 1.20. The summed E-state index contributed by atoms with van der Waals surface area (Å²) in [5.74, 6) is -0.0635. The molecule has 2 N–H and O–H groups in total. The molecule has 7 nitrogen and oxygen atoms in total. The van der Waals surface area contributed by atoms with Gasteiger partial charge in [0.05, 0.1) is 11.5 Å². The molecule has 0 aliphatic rings. The molecule has 1 aromatic rings. The molecular formula is C13H20N4O3. The first-order chi connectivity index (χ1) is 9.49. The van der Waals surface area contributed by atoms with E-state index in [2.05, 4.69) is 10.6 Å². The smallest absolute Gasteiger partial charge is 0.292 e. The lowest BCUT2D eigenvalue weighted by Gasteiger charge is -2.18. The summed E-state index contributed by atoms with van der Waals surface area (Å²) in [6.45, 7) is 3.15. The third-order valence-corrected chi connectivity index (χ3v) is 2.80. The number of nitrogens with zero attached hydrogens (tertiary/aromatic N) is 2. The fourth-order valence-corrected chi connectivity index (χ4v) is 2.00. The van der Waals surface area contributed by atoms with Gasteiger partial charge >= 0.3 is 0 Å². The number of amides is 1. The van der Waals surface area contributed by atoms with Crippen LogP contribution in [0.1, 0.15) is 12.5 Å². The minimum Gasteiger partial charge on any atom is -0.382 e. The molecule has 0 saturated heterocycles. The van der Waals surface area contributed by atoms with Crippen LogP contribution in [-0.4, -0.2) is 42.9 Å². The number of nitro groups is 1. The van der Waals surface area contributed by atoms with Crippen molar-refractivity contribution in [3.05, 3.63) is 33.9 Å². The highest BCUT2D eigenvalue weighted by Gasteiger charge is 2.17. The maximum absolute atomic E-state index is 11.5. The third kappa shape index (κ3) is 4.20. The quantitative estimate of drug-likeness (QED) is 0.579. The molecule has 0 aliphatic heterocycles. The van der Waals surface area contributed by atoms with E-state index in [0.717, 1.165) is 5.56 Å². The monoisotopic (exact) mass is 280 g/mol.